The van der Waals surface area contributed by atoms with E-state index < -0.39 is 11.9 Å². The SMILES string of the molecule is NC(=O)C1COCCN1c1ccc(N)c2ccncc12. The van der Waals surface area contributed by atoms with Crippen molar-refractivity contribution in [2.75, 3.05) is 30.4 Å². The maximum Gasteiger partial charge on any atom is 0.242 e. The van der Waals surface area contributed by atoms with Crippen LogP contribution in [0.1, 0.15) is 0 Å². The van der Waals surface area contributed by atoms with Crippen LogP contribution < -0.4 is 16.4 Å². The van der Waals surface area contributed by atoms with Crippen molar-refractivity contribution in [2.24, 2.45) is 5.73 Å². The number of carbonyl (C=O) groups excluding carboxylic acids is 1. The quantitative estimate of drug-likeness (QED) is 0.777. The Bertz CT molecular complexity index is 659. The number of amides is 1. The summed E-state index contributed by atoms with van der Waals surface area (Å²) in [6.07, 6.45) is 3.46. The summed E-state index contributed by atoms with van der Waals surface area (Å²) < 4.78 is 5.35. The monoisotopic (exact) mass is 272 g/mol. The van der Waals surface area contributed by atoms with Crippen LogP contribution in [-0.2, 0) is 9.53 Å². The Morgan fingerprint density at radius 2 is 2.20 bits per heavy atom. The third-order valence-corrected chi connectivity index (χ3v) is 3.60. The molecule has 4 N–H and O–H groups in total. The number of hydrogen-bond donors (Lipinski definition) is 2. The van der Waals surface area contributed by atoms with E-state index in [-0.39, 0.29) is 0 Å². The van der Waals surface area contributed by atoms with E-state index in [2.05, 4.69) is 4.98 Å². The standard InChI is InChI=1S/C14H16N4O2/c15-11-1-2-12(10-7-17-4-3-9(10)11)18-5-6-20-8-13(18)14(16)19/h1-4,7,13H,5-6,8,15H2,(H2,16,19). The maximum absolute atomic E-state index is 11.6. The first-order valence-corrected chi connectivity index (χ1v) is 6.44. The van der Waals surface area contributed by atoms with E-state index in [0.29, 0.717) is 25.4 Å². The fourth-order valence-corrected chi connectivity index (χ4v) is 2.58. The average Bonchev–Trinajstić information content (AvgIpc) is 2.48. The molecule has 1 amide bonds. The summed E-state index contributed by atoms with van der Waals surface area (Å²) in [7, 11) is 0. The molecule has 1 fully saturated rings. The van der Waals surface area contributed by atoms with E-state index in [0.717, 1.165) is 16.5 Å². The molecule has 0 aliphatic carbocycles. The van der Waals surface area contributed by atoms with Crippen LogP contribution in [0.15, 0.2) is 30.6 Å². The normalized spacial score (nSPS) is 19.2. The van der Waals surface area contributed by atoms with E-state index in [9.17, 15) is 4.79 Å². The number of carbonyl (C=O) groups is 1. The van der Waals surface area contributed by atoms with Crippen LogP contribution in [0.4, 0.5) is 11.4 Å². The van der Waals surface area contributed by atoms with Gasteiger partial charge in [-0.3, -0.25) is 9.78 Å². The number of aromatic nitrogens is 1. The molecule has 0 spiro atoms. The molecule has 1 aliphatic heterocycles. The summed E-state index contributed by atoms with van der Waals surface area (Å²) in [4.78, 5) is 17.7. The Morgan fingerprint density at radius 1 is 1.35 bits per heavy atom. The lowest BCUT2D eigenvalue weighted by molar-refractivity contribution is -0.121. The molecule has 2 aromatic rings. The molecule has 1 aliphatic rings. The van der Waals surface area contributed by atoms with Crippen molar-refractivity contribution in [1.29, 1.82) is 0 Å². The number of ether oxygens (including phenoxy) is 1. The van der Waals surface area contributed by atoms with Crippen LogP contribution >= 0.6 is 0 Å². The molecule has 20 heavy (non-hydrogen) atoms. The van der Waals surface area contributed by atoms with Crippen molar-refractivity contribution in [3.63, 3.8) is 0 Å². The van der Waals surface area contributed by atoms with Crippen LogP contribution in [0.2, 0.25) is 0 Å². The second kappa shape index (κ2) is 4.97. The molecule has 6 heteroatoms. The zero-order valence-electron chi connectivity index (χ0n) is 11.0. The lowest BCUT2D eigenvalue weighted by Gasteiger charge is -2.36. The molecule has 0 saturated carbocycles. The first-order valence-electron chi connectivity index (χ1n) is 6.44. The zero-order valence-corrected chi connectivity index (χ0v) is 11.0. The summed E-state index contributed by atoms with van der Waals surface area (Å²) in [6, 6.07) is 5.15. The molecule has 1 saturated heterocycles. The van der Waals surface area contributed by atoms with Gasteiger partial charge in [0, 0.05) is 41.1 Å². The van der Waals surface area contributed by atoms with Gasteiger partial charge in [-0.1, -0.05) is 0 Å². The number of anilines is 2. The topological polar surface area (TPSA) is 94.5 Å². The first kappa shape index (κ1) is 12.7. The van der Waals surface area contributed by atoms with Crippen molar-refractivity contribution in [3.8, 4) is 0 Å². The summed E-state index contributed by atoms with van der Waals surface area (Å²) >= 11 is 0. The van der Waals surface area contributed by atoms with Crippen LogP contribution in [0.5, 0.6) is 0 Å². The second-order valence-corrected chi connectivity index (χ2v) is 4.78. The predicted molar refractivity (Wildman–Crippen MR) is 77.3 cm³/mol. The van der Waals surface area contributed by atoms with Gasteiger partial charge in [0.15, 0.2) is 0 Å². The Labute approximate surface area is 116 Å². The van der Waals surface area contributed by atoms with Crippen LogP contribution in [0.25, 0.3) is 10.8 Å². The fraction of sp³-hybridized carbons (Fsp3) is 0.286. The highest BCUT2D eigenvalue weighted by Crippen LogP contribution is 2.32. The molecule has 6 nitrogen and oxygen atoms in total. The van der Waals surface area contributed by atoms with E-state index >= 15 is 0 Å². The molecule has 2 heterocycles. The Kier molecular flexibility index (Phi) is 3.15. The van der Waals surface area contributed by atoms with Gasteiger partial charge in [0.05, 0.1) is 13.2 Å². The van der Waals surface area contributed by atoms with Crippen LogP contribution in [-0.4, -0.2) is 36.7 Å². The van der Waals surface area contributed by atoms with Gasteiger partial charge in [-0.2, -0.15) is 0 Å². The van der Waals surface area contributed by atoms with Gasteiger partial charge in [0.2, 0.25) is 5.91 Å². The number of fused-ring (bicyclic) bond motifs is 1. The van der Waals surface area contributed by atoms with Crippen molar-refractivity contribution < 1.29 is 9.53 Å². The van der Waals surface area contributed by atoms with Crippen molar-refractivity contribution in [1.82, 2.24) is 4.98 Å². The van der Waals surface area contributed by atoms with E-state index in [1.165, 1.54) is 0 Å². The molecule has 1 unspecified atom stereocenters. The lowest BCUT2D eigenvalue weighted by Crippen LogP contribution is -2.52. The van der Waals surface area contributed by atoms with Crippen molar-refractivity contribution in [3.05, 3.63) is 30.6 Å². The minimum atomic E-state index is -0.462. The van der Waals surface area contributed by atoms with Gasteiger partial charge in [0.25, 0.3) is 0 Å². The van der Waals surface area contributed by atoms with Gasteiger partial charge in [0.1, 0.15) is 6.04 Å². The fourth-order valence-electron chi connectivity index (χ4n) is 2.58. The van der Waals surface area contributed by atoms with E-state index in [4.69, 9.17) is 16.2 Å². The number of nitrogens with two attached hydrogens (primary N) is 2. The second-order valence-electron chi connectivity index (χ2n) is 4.78. The summed E-state index contributed by atoms with van der Waals surface area (Å²) in [5.41, 5.74) is 13.1. The van der Waals surface area contributed by atoms with Crippen LogP contribution in [0, 0.1) is 0 Å². The number of rotatable bonds is 2. The number of primary amides is 1. The van der Waals surface area contributed by atoms with Gasteiger partial charge < -0.3 is 21.1 Å². The molecule has 104 valence electrons. The Morgan fingerprint density at radius 3 is 3.00 bits per heavy atom. The predicted octanol–water partition coefficient (Wildman–Crippen LogP) is 0.508. The number of morpholine rings is 1. The largest absolute Gasteiger partial charge is 0.398 e. The Balaban J connectivity index is 2.13. The third kappa shape index (κ3) is 2.04. The number of nitrogens with zero attached hydrogens (tertiary/aromatic N) is 2. The molecule has 1 aromatic carbocycles. The number of nitrogen functional groups attached to an aromatic ring is 1. The van der Waals surface area contributed by atoms with Gasteiger partial charge in [-0.05, 0) is 18.2 Å². The minimum absolute atomic E-state index is 0.307. The minimum Gasteiger partial charge on any atom is -0.398 e. The maximum atomic E-state index is 11.6. The zero-order chi connectivity index (χ0) is 14.1. The van der Waals surface area contributed by atoms with Gasteiger partial charge >= 0.3 is 0 Å². The Hall–Kier alpha value is -2.34. The summed E-state index contributed by atoms with van der Waals surface area (Å²) in [5.74, 6) is -0.390. The highest BCUT2D eigenvalue weighted by atomic mass is 16.5. The van der Waals surface area contributed by atoms with E-state index in [1.54, 1.807) is 12.4 Å². The van der Waals surface area contributed by atoms with Gasteiger partial charge in [-0.15, -0.1) is 0 Å². The van der Waals surface area contributed by atoms with E-state index in [1.807, 2.05) is 23.1 Å². The highest BCUT2D eigenvalue weighted by molar-refractivity contribution is 6.02. The van der Waals surface area contributed by atoms with Crippen molar-refractivity contribution in [2.45, 2.75) is 6.04 Å². The lowest BCUT2D eigenvalue weighted by atomic mass is 10.1. The smallest absolute Gasteiger partial charge is 0.242 e. The number of hydrogen-bond acceptors (Lipinski definition) is 5. The molecule has 3 rings (SSSR count). The van der Waals surface area contributed by atoms with Crippen molar-refractivity contribution >= 4 is 28.1 Å². The van der Waals surface area contributed by atoms with Crippen LogP contribution in [0.3, 0.4) is 0 Å². The first-order chi connectivity index (χ1) is 9.68. The highest BCUT2D eigenvalue weighted by Gasteiger charge is 2.29. The summed E-state index contributed by atoms with van der Waals surface area (Å²) in [5, 5.41) is 1.84. The molecule has 0 bridgehead atoms. The third-order valence-electron chi connectivity index (χ3n) is 3.60. The molecule has 1 aromatic heterocycles. The molecule has 0 radical (unpaired) electrons. The van der Waals surface area contributed by atoms with Gasteiger partial charge in [-0.25, -0.2) is 0 Å². The molecular weight excluding hydrogens is 256 g/mol. The number of pyridine rings is 1. The summed E-state index contributed by atoms with van der Waals surface area (Å²) in [6.45, 7) is 1.49. The molecular formula is C14H16N4O2. The molecule has 1 atom stereocenters. The average molecular weight is 272 g/mol. The number of benzene rings is 1.